The number of nitrogens with one attached hydrogen (secondary N) is 1. The van der Waals surface area contributed by atoms with E-state index in [0.717, 1.165) is 13.1 Å². The maximum Gasteiger partial charge on any atom is 0.129 e. The van der Waals surface area contributed by atoms with Crippen molar-refractivity contribution >= 4 is 11.6 Å². The van der Waals surface area contributed by atoms with E-state index in [1.54, 1.807) is 0 Å². The molecule has 1 heterocycles. The van der Waals surface area contributed by atoms with Crippen molar-refractivity contribution in [2.24, 2.45) is 5.41 Å². The Labute approximate surface area is 96.1 Å². The number of pyridine rings is 1. The zero-order valence-electron chi connectivity index (χ0n) is 9.09. The zero-order valence-corrected chi connectivity index (χ0v) is 9.85. The van der Waals surface area contributed by atoms with Gasteiger partial charge in [0, 0.05) is 19.3 Å². The molecular formula is C12H17ClN2. The number of nitrogens with zero attached hydrogens (tertiary/aromatic N) is 1. The van der Waals surface area contributed by atoms with Crippen LogP contribution in [0.1, 0.15) is 31.7 Å². The van der Waals surface area contributed by atoms with Gasteiger partial charge in [0.1, 0.15) is 5.15 Å². The van der Waals surface area contributed by atoms with Crippen LogP contribution >= 0.6 is 11.6 Å². The van der Waals surface area contributed by atoms with Crippen LogP contribution in [0, 0.1) is 5.41 Å². The molecule has 1 fully saturated rings. The van der Waals surface area contributed by atoms with Crippen molar-refractivity contribution < 1.29 is 0 Å². The van der Waals surface area contributed by atoms with Crippen molar-refractivity contribution in [2.45, 2.75) is 32.7 Å². The number of hydrogen-bond donors (Lipinski definition) is 1. The maximum atomic E-state index is 5.72. The fourth-order valence-electron chi connectivity index (χ4n) is 1.98. The Morgan fingerprint density at radius 3 is 2.80 bits per heavy atom. The molecule has 15 heavy (non-hydrogen) atoms. The standard InChI is InChI=1S/C12H17ClN2/c1-12(5-2-6-12)9-14-7-10-3-4-11(13)15-8-10/h3-4,8,14H,2,5-7,9H2,1H3. The summed E-state index contributed by atoms with van der Waals surface area (Å²) in [7, 11) is 0. The largest absolute Gasteiger partial charge is 0.312 e. The predicted molar refractivity (Wildman–Crippen MR) is 62.9 cm³/mol. The minimum atomic E-state index is 0.542. The van der Waals surface area contributed by atoms with Crippen LogP contribution in [0.15, 0.2) is 18.3 Å². The molecule has 0 bridgehead atoms. The van der Waals surface area contributed by atoms with Crippen molar-refractivity contribution in [3.8, 4) is 0 Å². The summed E-state index contributed by atoms with van der Waals surface area (Å²) >= 11 is 5.72. The van der Waals surface area contributed by atoms with Gasteiger partial charge in [-0.1, -0.05) is 31.0 Å². The van der Waals surface area contributed by atoms with Crippen LogP contribution in [-0.4, -0.2) is 11.5 Å². The average molecular weight is 225 g/mol. The monoisotopic (exact) mass is 224 g/mol. The highest BCUT2D eigenvalue weighted by atomic mass is 35.5. The van der Waals surface area contributed by atoms with Crippen molar-refractivity contribution in [2.75, 3.05) is 6.54 Å². The van der Waals surface area contributed by atoms with E-state index in [1.807, 2.05) is 18.3 Å². The first kappa shape index (κ1) is 10.9. The molecule has 0 atom stereocenters. The minimum Gasteiger partial charge on any atom is -0.312 e. The smallest absolute Gasteiger partial charge is 0.129 e. The number of aromatic nitrogens is 1. The molecule has 1 aromatic rings. The fourth-order valence-corrected chi connectivity index (χ4v) is 2.09. The van der Waals surface area contributed by atoms with Crippen LogP contribution in [0.25, 0.3) is 0 Å². The van der Waals surface area contributed by atoms with Gasteiger partial charge in [-0.25, -0.2) is 4.98 Å². The number of rotatable bonds is 4. The Kier molecular flexibility index (Phi) is 3.27. The van der Waals surface area contributed by atoms with Gasteiger partial charge in [-0.3, -0.25) is 0 Å². The van der Waals surface area contributed by atoms with Crippen LogP contribution in [0.5, 0.6) is 0 Å². The topological polar surface area (TPSA) is 24.9 Å². The lowest BCUT2D eigenvalue weighted by molar-refractivity contribution is 0.156. The zero-order chi connectivity index (χ0) is 10.7. The highest BCUT2D eigenvalue weighted by Gasteiger charge is 2.30. The molecule has 3 heteroatoms. The van der Waals surface area contributed by atoms with Crippen molar-refractivity contribution in [3.05, 3.63) is 29.0 Å². The lowest BCUT2D eigenvalue weighted by Gasteiger charge is -2.38. The lowest BCUT2D eigenvalue weighted by atomic mass is 9.70. The fraction of sp³-hybridized carbons (Fsp3) is 0.583. The lowest BCUT2D eigenvalue weighted by Crippen LogP contribution is -2.36. The van der Waals surface area contributed by atoms with Crippen LogP contribution in [-0.2, 0) is 6.54 Å². The van der Waals surface area contributed by atoms with Crippen molar-refractivity contribution in [1.82, 2.24) is 10.3 Å². The summed E-state index contributed by atoms with van der Waals surface area (Å²) in [5, 5.41) is 4.04. The molecule has 0 saturated heterocycles. The van der Waals surface area contributed by atoms with Gasteiger partial charge in [-0.15, -0.1) is 0 Å². The molecule has 1 saturated carbocycles. The molecule has 2 nitrogen and oxygen atoms in total. The molecule has 0 radical (unpaired) electrons. The molecule has 82 valence electrons. The molecule has 0 amide bonds. The summed E-state index contributed by atoms with van der Waals surface area (Å²) in [5.41, 5.74) is 1.74. The van der Waals surface area contributed by atoms with Crippen LogP contribution in [0.2, 0.25) is 5.15 Å². The Bertz CT molecular complexity index is 317. The third-order valence-electron chi connectivity index (χ3n) is 3.23. The Balaban J connectivity index is 1.76. The second-order valence-corrected chi connectivity index (χ2v) is 5.14. The van der Waals surface area contributed by atoms with E-state index in [-0.39, 0.29) is 0 Å². The second-order valence-electron chi connectivity index (χ2n) is 4.76. The van der Waals surface area contributed by atoms with Gasteiger partial charge in [0.25, 0.3) is 0 Å². The molecule has 1 aliphatic rings. The van der Waals surface area contributed by atoms with Gasteiger partial charge < -0.3 is 5.32 Å². The molecule has 0 aliphatic heterocycles. The molecular weight excluding hydrogens is 208 g/mol. The summed E-state index contributed by atoms with van der Waals surface area (Å²) in [6.07, 6.45) is 5.94. The highest BCUT2D eigenvalue weighted by molar-refractivity contribution is 6.29. The maximum absolute atomic E-state index is 5.72. The number of halogens is 1. The first-order valence-electron chi connectivity index (χ1n) is 5.49. The quantitative estimate of drug-likeness (QED) is 0.796. The van der Waals surface area contributed by atoms with E-state index in [0.29, 0.717) is 10.6 Å². The first-order chi connectivity index (χ1) is 7.18. The Morgan fingerprint density at radius 1 is 1.47 bits per heavy atom. The van der Waals surface area contributed by atoms with E-state index in [1.165, 1.54) is 24.8 Å². The van der Waals surface area contributed by atoms with Crippen molar-refractivity contribution in [1.29, 1.82) is 0 Å². The van der Waals surface area contributed by atoms with E-state index in [9.17, 15) is 0 Å². The molecule has 0 unspecified atom stereocenters. The Morgan fingerprint density at radius 2 is 2.27 bits per heavy atom. The van der Waals surface area contributed by atoms with E-state index >= 15 is 0 Å². The molecule has 1 aromatic heterocycles. The van der Waals surface area contributed by atoms with Crippen LogP contribution in [0.3, 0.4) is 0 Å². The molecule has 1 aliphatic carbocycles. The molecule has 1 N–H and O–H groups in total. The van der Waals surface area contributed by atoms with Gasteiger partial charge in [-0.2, -0.15) is 0 Å². The summed E-state index contributed by atoms with van der Waals surface area (Å²) < 4.78 is 0. The van der Waals surface area contributed by atoms with Gasteiger partial charge in [-0.05, 0) is 29.9 Å². The predicted octanol–water partition coefficient (Wildman–Crippen LogP) is 3.01. The number of hydrogen-bond acceptors (Lipinski definition) is 2. The molecule has 0 spiro atoms. The highest BCUT2D eigenvalue weighted by Crippen LogP contribution is 2.39. The normalized spacial score (nSPS) is 18.5. The van der Waals surface area contributed by atoms with E-state index in [2.05, 4.69) is 17.2 Å². The van der Waals surface area contributed by atoms with Gasteiger partial charge >= 0.3 is 0 Å². The molecule has 2 rings (SSSR count). The van der Waals surface area contributed by atoms with E-state index < -0.39 is 0 Å². The van der Waals surface area contributed by atoms with E-state index in [4.69, 9.17) is 11.6 Å². The van der Waals surface area contributed by atoms with Crippen LogP contribution < -0.4 is 5.32 Å². The van der Waals surface area contributed by atoms with Gasteiger partial charge in [0.15, 0.2) is 0 Å². The van der Waals surface area contributed by atoms with Gasteiger partial charge in [0.05, 0.1) is 0 Å². The average Bonchev–Trinajstić information content (AvgIpc) is 2.19. The summed E-state index contributed by atoms with van der Waals surface area (Å²) in [6, 6.07) is 3.86. The van der Waals surface area contributed by atoms with Crippen molar-refractivity contribution in [3.63, 3.8) is 0 Å². The van der Waals surface area contributed by atoms with Crippen LogP contribution in [0.4, 0.5) is 0 Å². The second kappa shape index (κ2) is 4.50. The third-order valence-corrected chi connectivity index (χ3v) is 3.45. The third kappa shape index (κ3) is 2.93. The SMILES string of the molecule is CC1(CNCc2ccc(Cl)nc2)CCC1. The summed E-state index contributed by atoms with van der Waals surface area (Å²) in [4.78, 5) is 4.05. The Hall–Kier alpha value is -0.600. The summed E-state index contributed by atoms with van der Waals surface area (Å²) in [6.45, 7) is 4.35. The first-order valence-corrected chi connectivity index (χ1v) is 5.87. The minimum absolute atomic E-state index is 0.542. The van der Waals surface area contributed by atoms with Gasteiger partial charge in [0.2, 0.25) is 0 Å². The molecule has 0 aromatic carbocycles. The summed E-state index contributed by atoms with van der Waals surface area (Å²) in [5.74, 6) is 0.